The molecule has 6 nitrogen and oxygen atoms in total. The van der Waals surface area contributed by atoms with Crippen LogP contribution in [0.1, 0.15) is 33.9 Å². The third kappa shape index (κ3) is 6.54. The van der Waals surface area contributed by atoms with Crippen LogP contribution in [0.5, 0.6) is 0 Å². The quantitative estimate of drug-likeness (QED) is 0.435. The Morgan fingerprint density at radius 2 is 1.52 bits per heavy atom. The van der Waals surface area contributed by atoms with E-state index in [1.54, 1.807) is 30.5 Å². The largest absolute Gasteiger partial charge is 0.378 e. The normalized spacial score (nSPS) is 11.7. The molecule has 0 fully saturated rings. The van der Waals surface area contributed by atoms with E-state index in [1.807, 2.05) is 79.7 Å². The molecule has 31 heavy (non-hydrogen) atoms. The predicted molar refractivity (Wildman–Crippen MR) is 124 cm³/mol. The second kappa shape index (κ2) is 10.7. The fraction of sp³-hybridized carbons (Fsp3) is 0.160. The summed E-state index contributed by atoms with van der Waals surface area (Å²) < 4.78 is 0. The standard InChI is InChI=1S/C25H26N4O2/c1-29(2)22-15-13-19(14-16-22)18-26-28-24(30)17-23(20-9-5-3-6-10-20)27-25(31)21-11-7-4-8-12-21/h3-16,18,23H,17H2,1-2H3,(H,27,31)(H,28,30)/t23-/m1/s1. The molecule has 3 aromatic rings. The number of carbonyl (C=O) groups excluding carboxylic acids is 2. The van der Waals surface area contributed by atoms with E-state index in [4.69, 9.17) is 0 Å². The number of nitrogens with zero attached hydrogens (tertiary/aromatic N) is 2. The summed E-state index contributed by atoms with van der Waals surface area (Å²) >= 11 is 0. The first-order valence-electron chi connectivity index (χ1n) is 10.0. The van der Waals surface area contributed by atoms with Gasteiger partial charge in [0.05, 0.1) is 18.7 Å². The molecule has 0 aliphatic carbocycles. The van der Waals surface area contributed by atoms with Gasteiger partial charge in [0.2, 0.25) is 5.91 Å². The number of hydrogen-bond acceptors (Lipinski definition) is 4. The lowest BCUT2D eigenvalue weighted by molar-refractivity contribution is -0.121. The van der Waals surface area contributed by atoms with Crippen molar-refractivity contribution >= 4 is 23.7 Å². The summed E-state index contributed by atoms with van der Waals surface area (Å²) in [6.07, 6.45) is 1.66. The van der Waals surface area contributed by atoms with Crippen molar-refractivity contribution in [2.45, 2.75) is 12.5 Å². The summed E-state index contributed by atoms with van der Waals surface area (Å²) in [4.78, 5) is 27.1. The molecular formula is C25H26N4O2. The van der Waals surface area contributed by atoms with Crippen molar-refractivity contribution < 1.29 is 9.59 Å². The van der Waals surface area contributed by atoms with Crippen molar-refractivity contribution in [3.63, 3.8) is 0 Å². The Morgan fingerprint density at radius 1 is 0.903 bits per heavy atom. The zero-order valence-electron chi connectivity index (χ0n) is 17.7. The zero-order valence-corrected chi connectivity index (χ0v) is 17.7. The molecule has 0 unspecified atom stereocenters. The van der Waals surface area contributed by atoms with Gasteiger partial charge in [-0.25, -0.2) is 5.43 Å². The summed E-state index contributed by atoms with van der Waals surface area (Å²) in [5.74, 6) is -0.518. The molecule has 0 saturated heterocycles. The molecule has 0 spiro atoms. The minimum absolute atomic E-state index is 0.0689. The molecule has 0 aliphatic rings. The summed E-state index contributed by atoms with van der Waals surface area (Å²) in [6, 6.07) is 25.7. The van der Waals surface area contributed by atoms with Crippen molar-refractivity contribution in [3.8, 4) is 0 Å². The number of amides is 2. The minimum Gasteiger partial charge on any atom is -0.378 e. The highest BCUT2D eigenvalue weighted by Gasteiger charge is 2.19. The van der Waals surface area contributed by atoms with Gasteiger partial charge >= 0.3 is 0 Å². The van der Waals surface area contributed by atoms with Gasteiger partial charge in [-0.05, 0) is 35.4 Å². The summed E-state index contributed by atoms with van der Waals surface area (Å²) in [6.45, 7) is 0. The van der Waals surface area contributed by atoms with E-state index in [0.29, 0.717) is 5.56 Å². The molecule has 3 rings (SSSR count). The van der Waals surface area contributed by atoms with E-state index in [-0.39, 0.29) is 18.2 Å². The van der Waals surface area contributed by atoms with Crippen LogP contribution in [0.25, 0.3) is 0 Å². The van der Waals surface area contributed by atoms with Gasteiger partial charge < -0.3 is 10.2 Å². The molecule has 1 atom stereocenters. The smallest absolute Gasteiger partial charge is 0.251 e. The average molecular weight is 415 g/mol. The van der Waals surface area contributed by atoms with Crippen molar-refractivity contribution in [3.05, 3.63) is 102 Å². The molecule has 6 heteroatoms. The lowest BCUT2D eigenvalue weighted by Gasteiger charge is -2.18. The van der Waals surface area contributed by atoms with Crippen molar-refractivity contribution in [2.75, 3.05) is 19.0 Å². The number of nitrogens with one attached hydrogen (secondary N) is 2. The van der Waals surface area contributed by atoms with Crippen LogP contribution in [0, 0.1) is 0 Å². The van der Waals surface area contributed by atoms with E-state index in [2.05, 4.69) is 15.8 Å². The summed E-state index contributed by atoms with van der Waals surface area (Å²) in [5, 5.41) is 7.00. The highest BCUT2D eigenvalue weighted by atomic mass is 16.2. The SMILES string of the molecule is CN(C)c1ccc(C=NNC(=O)C[C@@H](NC(=O)c2ccccc2)c2ccccc2)cc1. The predicted octanol–water partition coefficient (Wildman–Crippen LogP) is 3.76. The van der Waals surface area contributed by atoms with Gasteiger partial charge in [0.25, 0.3) is 5.91 Å². The van der Waals surface area contributed by atoms with Crippen LogP contribution in [-0.4, -0.2) is 32.1 Å². The number of benzene rings is 3. The lowest BCUT2D eigenvalue weighted by atomic mass is 10.0. The number of carbonyl (C=O) groups is 2. The molecule has 0 aromatic heterocycles. The van der Waals surface area contributed by atoms with Crippen molar-refractivity contribution in [2.24, 2.45) is 5.10 Å². The second-order valence-electron chi connectivity index (χ2n) is 7.29. The van der Waals surface area contributed by atoms with E-state index >= 15 is 0 Å². The van der Waals surface area contributed by atoms with Crippen LogP contribution < -0.4 is 15.6 Å². The lowest BCUT2D eigenvalue weighted by Crippen LogP contribution is -2.32. The fourth-order valence-electron chi connectivity index (χ4n) is 3.04. The molecule has 0 aliphatic heterocycles. The van der Waals surface area contributed by atoms with Gasteiger partial charge in [0, 0.05) is 25.3 Å². The van der Waals surface area contributed by atoms with Crippen LogP contribution in [0.15, 0.2) is 90.0 Å². The minimum atomic E-state index is -0.469. The van der Waals surface area contributed by atoms with Crippen LogP contribution >= 0.6 is 0 Å². The van der Waals surface area contributed by atoms with Gasteiger partial charge in [-0.2, -0.15) is 5.10 Å². The molecule has 0 radical (unpaired) electrons. The van der Waals surface area contributed by atoms with Crippen LogP contribution in [0.4, 0.5) is 5.69 Å². The molecular weight excluding hydrogens is 388 g/mol. The van der Waals surface area contributed by atoms with Crippen molar-refractivity contribution in [1.82, 2.24) is 10.7 Å². The van der Waals surface area contributed by atoms with E-state index in [0.717, 1.165) is 16.8 Å². The van der Waals surface area contributed by atoms with Gasteiger partial charge in [-0.1, -0.05) is 60.7 Å². The first-order chi connectivity index (χ1) is 15.0. The molecule has 2 amide bonds. The second-order valence-corrected chi connectivity index (χ2v) is 7.29. The Kier molecular flexibility index (Phi) is 7.54. The Labute approximate surface area is 182 Å². The van der Waals surface area contributed by atoms with E-state index in [9.17, 15) is 9.59 Å². The molecule has 0 bridgehead atoms. The molecule has 3 aromatic carbocycles. The fourth-order valence-corrected chi connectivity index (χ4v) is 3.04. The summed E-state index contributed by atoms with van der Waals surface area (Å²) in [7, 11) is 3.95. The van der Waals surface area contributed by atoms with Gasteiger partial charge in [-0.3, -0.25) is 9.59 Å². The van der Waals surface area contributed by atoms with Crippen LogP contribution in [0.3, 0.4) is 0 Å². The zero-order chi connectivity index (χ0) is 22.1. The number of hydrogen-bond donors (Lipinski definition) is 2. The maximum Gasteiger partial charge on any atom is 0.251 e. The average Bonchev–Trinajstić information content (AvgIpc) is 2.80. The van der Waals surface area contributed by atoms with E-state index in [1.165, 1.54) is 0 Å². The number of hydrazone groups is 1. The Balaban J connectivity index is 1.63. The van der Waals surface area contributed by atoms with Crippen LogP contribution in [0.2, 0.25) is 0 Å². The Morgan fingerprint density at radius 3 is 2.13 bits per heavy atom. The third-order valence-electron chi connectivity index (χ3n) is 4.75. The third-order valence-corrected chi connectivity index (χ3v) is 4.75. The topological polar surface area (TPSA) is 73.8 Å². The maximum atomic E-state index is 12.6. The highest BCUT2D eigenvalue weighted by Crippen LogP contribution is 2.17. The monoisotopic (exact) mass is 414 g/mol. The van der Waals surface area contributed by atoms with Gasteiger partial charge in [-0.15, -0.1) is 0 Å². The Hall–Kier alpha value is -3.93. The van der Waals surface area contributed by atoms with E-state index < -0.39 is 6.04 Å². The molecule has 158 valence electrons. The first-order valence-corrected chi connectivity index (χ1v) is 10.0. The highest BCUT2D eigenvalue weighted by molar-refractivity contribution is 5.94. The summed E-state index contributed by atoms with van der Waals surface area (Å²) in [5.41, 5.74) is 5.91. The maximum absolute atomic E-state index is 12.6. The molecule has 0 saturated carbocycles. The van der Waals surface area contributed by atoms with Gasteiger partial charge in [0.1, 0.15) is 0 Å². The first kappa shape index (κ1) is 21.8. The van der Waals surface area contributed by atoms with Gasteiger partial charge in [0.15, 0.2) is 0 Å². The number of rotatable bonds is 8. The van der Waals surface area contributed by atoms with Crippen molar-refractivity contribution in [1.29, 1.82) is 0 Å². The van der Waals surface area contributed by atoms with Crippen LogP contribution in [-0.2, 0) is 4.79 Å². The number of anilines is 1. The Bertz CT molecular complexity index is 1020. The molecule has 2 N–H and O–H groups in total. The molecule has 0 heterocycles.